The number of rotatable bonds is 6. The summed E-state index contributed by atoms with van der Waals surface area (Å²) in [6.45, 7) is 5.79. The molecule has 7 heteroatoms. The van der Waals surface area contributed by atoms with Crippen molar-refractivity contribution < 1.29 is 5.11 Å². The first-order valence-corrected chi connectivity index (χ1v) is 8.06. The minimum atomic E-state index is -0.330. The highest BCUT2D eigenvalue weighted by atomic mass is 35.5. The molecule has 0 bridgehead atoms. The summed E-state index contributed by atoms with van der Waals surface area (Å²) in [4.78, 5) is 14.8. The number of nitrogens with zero attached hydrogens (tertiary/aromatic N) is 4. The second kappa shape index (κ2) is 7.22. The van der Waals surface area contributed by atoms with Crippen LogP contribution in [0.3, 0.4) is 0 Å². The Balaban J connectivity index is 2.22. The van der Waals surface area contributed by atoms with Crippen molar-refractivity contribution in [1.82, 2.24) is 15.0 Å². The lowest BCUT2D eigenvalue weighted by Crippen LogP contribution is -2.44. The standard InChI is InChI=1S/C14H24ClN5O/c1-3-20(4-2)13-17-11(15)16-12(18-13)19-14(10-21)8-6-5-7-9-14/h21H,3-10H2,1-2H3,(H,16,17,18,19). The number of anilines is 2. The van der Waals surface area contributed by atoms with E-state index in [-0.39, 0.29) is 17.4 Å². The summed E-state index contributed by atoms with van der Waals surface area (Å²) in [5, 5.41) is 13.2. The number of aliphatic hydroxyl groups is 1. The van der Waals surface area contributed by atoms with E-state index in [1.54, 1.807) is 0 Å². The normalized spacial score (nSPS) is 17.5. The first kappa shape index (κ1) is 16.2. The van der Waals surface area contributed by atoms with Gasteiger partial charge in [0.05, 0.1) is 12.1 Å². The number of aromatic nitrogens is 3. The van der Waals surface area contributed by atoms with E-state index in [0.717, 1.165) is 38.8 Å². The predicted octanol–water partition coefficient (Wildman–Crippen LogP) is 2.48. The summed E-state index contributed by atoms with van der Waals surface area (Å²) in [5.74, 6) is 1.03. The van der Waals surface area contributed by atoms with Crippen LogP contribution in [0.4, 0.5) is 11.9 Å². The van der Waals surface area contributed by atoms with Crippen LogP contribution in [0.2, 0.25) is 5.28 Å². The van der Waals surface area contributed by atoms with Gasteiger partial charge in [-0.2, -0.15) is 15.0 Å². The van der Waals surface area contributed by atoms with Gasteiger partial charge in [-0.05, 0) is 38.3 Å². The molecule has 1 aromatic rings. The van der Waals surface area contributed by atoms with Crippen molar-refractivity contribution in [3.8, 4) is 0 Å². The molecule has 1 fully saturated rings. The highest BCUT2D eigenvalue weighted by Crippen LogP contribution is 2.31. The quantitative estimate of drug-likeness (QED) is 0.840. The van der Waals surface area contributed by atoms with Gasteiger partial charge < -0.3 is 15.3 Å². The van der Waals surface area contributed by atoms with Crippen LogP contribution in [0, 0.1) is 0 Å². The number of hydrogen-bond donors (Lipinski definition) is 2. The molecule has 118 valence electrons. The van der Waals surface area contributed by atoms with E-state index in [9.17, 15) is 5.11 Å². The Kier molecular flexibility index (Phi) is 5.58. The van der Waals surface area contributed by atoms with Gasteiger partial charge in [0.2, 0.25) is 17.2 Å². The van der Waals surface area contributed by atoms with Crippen LogP contribution in [0.1, 0.15) is 46.0 Å². The molecule has 2 N–H and O–H groups in total. The van der Waals surface area contributed by atoms with E-state index in [0.29, 0.717) is 11.9 Å². The van der Waals surface area contributed by atoms with Gasteiger partial charge in [-0.25, -0.2) is 0 Å². The monoisotopic (exact) mass is 313 g/mol. The van der Waals surface area contributed by atoms with E-state index in [4.69, 9.17) is 11.6 Å². The van der Waals surface area contributed by atoms with Crippen molar-refractivity contribution in [1.29, 1.82) is 0 Å². The maximum atomic E-state index is 9.77. The van der Waals surface area contributed by atoms with Gasteiger partial charge in [0.25, 0.3) is 0 Å². The minimum absolute atomic E-state index is 0.0803. The molecular weight excluding hydrogens is 290 g/mol. The van der Waals surface area contributed by atoms with Gasteiger partial charge in [0.1, 0.15) is 0 Å². The molecule has 2 rings (SSSR count). The van der Waals surface area contributed by atoms with Crippen LogP contribution < -0.4 is 10.2 Å². The Hall–Kier alpha value is -1.14. The van der Waals surface area contributed by atoms with Gasteiger partial charge in [-0.3, -0.25) is 0 Å². The molecule has 0 aromatic carbocycles. The molecule has 1 aromatic heterocycles. The Morgan fingerprint density at radius 2 is 1.81 bits per heavy atom. The van der Waals surface area contributed by atoms with E-state index in [1.807, 2.05) is 18.7 Å². The van der Waals surface area contributed by atoms with Crippen LogP contribution in [-0.2, 0) is 0 Å². The summed E-state index contributed by atoms with van der Waals surface area (Å²) in [6, 6.07) is 0. The average molecular weight is 314 g/mol. The Labute approximate surface area is 131 Å². The molecule has 0 spiro atoms. The summed E-state index contributed by atoms with van der Waals surface area (Å²) in [6.07, 6.45) is 5.28. The third-order valence-electron chi connectivity index (χ3n) is 4.13. The summed E-state index contributed by atoms with van der Waals surface area (Å²) in [7, 11) is 0. The molecule has 0 radical (unpaired) electrons. The van der Waals surface area contributed by atoms with Crippen molar-refractivity contribution >= 4 is 23.5 Å². The van der Waals surface area contributed by atoms with Crippen molar-refractivity contribution in [2.24, 2.45) is 0 Å². The second-order valence-corrected chi connectivity index (χ2v) is 5.86. The molecule has 0 unspecified atom stereocenters. The van der Waals surface area contributed by atoms with Gasteiger partial charge in [0, 0.05) is 13.1 Å². The first-order valence-electron chi connectivity index (χ1n) is 7.68. The Morgan fingerprint density at radius 1 is 1.14 bits per heavy atom. The zero-order valence-electron chi connectivity index (χ0n) is 12.8. The van der Waals surface area contributed by atoms with Gasteiger partial charge in [-0.15, -0.1) is 0 Å². The SMILES string of the molecule is CCN(CC)c1nc(Cl)nc(NC2(CO)CCCCC2)n1. The lowest BCUT2D eigenvalue weighted by atomic mass is 9.82. The van der Waals surface area contributed by atoms with Gasteiger partial charge in [0.15, 0.2) is 0 Å². The predicted molar refractivity (Wildman–Crippen MR) is 84.9 cm³/mol. The van der Waals surface area contributed by atoms with Crippen molar-refractivity contribution in [2.75, 3.05) is 29.9 Å². The van der Waals surface area contributed by atoms with Gasteiger partial charge in [-0.1, -0.05) is 19.3 Å². The molecule has 0 aliphatic heterocycles. The smallest absolute Gasteiger partial charge is 0.231 e. The largest absolute Gasteiger partial charge is 0.394 e. The molecule has 0 amide bonds. The zero-order valence-corrected chi connectivity index (χ0v) is 13.5. The lowest BCUT2D eigenvalue weighted by Gasteiger charge is -2.36. The number of halogens is 1. The topological polar surface area (TPSA) is 74.2 Å². The average Bonchev–Trinajstić information content (AvgIpc) is 2.49. The molecule has 0 atom stereocenters. The van der Waals surface area contributed by atoms with Crippen LogP contribution in [0.15, 0.2) is 0 Å². The maximum Gasteiger partial charge on any atom is 0.231 e. The molecule has 1 heterocycles. The summed E-state index contributed by atoms with van der Waals surface area (Å²) < 4.78 is 0. The molecule has 1 aliphatic rings. The van der Waals surface area contributed by atoms with Crippen LogP contribution in [-0.4, -0.2) is 45.3 Å². The third-order valence-corrected chi connectivity index (χ3v) is 4.30. The molecular formula is C14H24ClN5O. The maximum absolute atomic E-state index is 9.77. The van der Waals surface area contributed by atoms with Crippen molar-refractivity contribution in [3.63, 3.8) is 0 Å². The lowest BCUT2D eigenvalue weighted by molar-refractivity contribution is 0.172. The Bertz CT molecular complexity index is 461. The summed E-state index contributed by atoms with van der Waals surface area (Å²) in [5.41, 5.74) is -0.330. The number of aliphatic hydroxyl groups excluding tert-OH is 1. The van der Waals surface area contributed by atoms with E-state index in [2.05, 4.69) is 20.3 Å². The van der Waals surface area contributed by atoms with E-state index in [1.165, 1.54) is 6.42 Å². The number of nitrogens with one attached hydrogen (secondary N) is 1. The molecule has 21 heavy (non-hydrogen) atoms. The van der Waals surface area contributed by atoms with Crippen LogP contribution in [0.25, 0.3) is 0 Å². The minimum Gasteiger partial charge on any atom is -0.394 e. The molecule has 0 saturated heterocycles. The fraction of sp³-hybridized carbons (Fsp3) is 0.786. The zero-order chi connectivity index (χ0) is 15.3. The second-order valence-electron chi connectivity index (χ2n) is 5.52. The van der Waals surface area contributed by atoms with Crippen molar-refractivity contribution in [2.45, 2.75) is 51.5 Å². The molecule has 1 saturated carbocycles. The van der Waals surface area contributed by atoms with Gasteiger partial charge >= 0.3 is 0 Å². The third kappa shape index (κ3) is 3.95. The Morgan fingerprint density at radius 3 is 2.38 bits per heavy atom. The fourth-order valence-corrected chi connectivity index (χ4v) is 2.99. The van der Waals surface area contributed by atoms with Crippen LogP contribution in [0.5, 0.6) is 0 Å². The molecule has 6 nitrogen and oxygen atoms in total. The highest BCUT2D eigenvalue weighted by Gasteiger charge is 2.32. The van der Waals surface area contributed by atoms with Crippen molar-refractivity contribution in [3.05, 3.63) is 5.28 Å². The molecule has 1 aliphatic carbocycles. The fourth-order valence-electron chi connectivity index (χ4n) is 2.83. The first-order chi connectivity index (χ1) is 10.1. The van der Waals surface area contributed by atoms with E-state index < -0.39 is 0 Å². The summed E-state index contributed by atoms with van der Waals surface area (Å²) >= 11 is 6.02. The van der Waals surface area contributed by atoms with Crippen LogP contribution >= 0.6 is 11.6 Å². The van der Waals surface area contributed by atoms with E-state index >= 15 is 0 Å². The number of hydrogen-bond acceptors (Lipinski definition) is 6. The highest BCUT2D eigenvalue weighted by molar-refractivity contribution is 6.28.